The summed E-state index contributed by atoms with van der Waals surface area (Å²) >= 11 is 0. The number of oxime groups is 1. The average Bonchev–Trinajstić information content (AvgIpc) is 3.20. The van der Waals surface area contributed by atoms with Crippen molar-refractivity contribution in [1.29, 1.82) is 0 Å². The Bertz CT molecular complexity index is 753. The van der Waals surface area contributed by atoms with Gasteiger partial charge in [-0.2, -0.15) is 0 Å². The normalized spacial score (nSPS) is 16.8. The number of anilines is 1. The highest BCUT2D eigenvalue weighted by atomic mass is 16.6. The van der Waals surface area contributed by atoms with Crippen molar-refractivity contribution in [2.45, 2.75) is 45.8 Å². The fourth-order valence-electron chi connectivity index (χ4n) is 2.75. The minimum absolute atomic E-state index is 0.0714. The van der Waals surface area contributed by atoms with Gasteiger partial charge in [0.05, 0.1) is 29.6 Å². The molecule has 7 nitrogen and oxygen atoms in total. The summed E-state index contributed by atoms with van der Waals surface area (Å²) in [5.41, 5.74) is 3.71. The van der Waals surface area contributed by atoms with Crippen molar-refractivity contribution in [3.63, 3.8) is 0 Å². The number of carbonyl (C=O) groups excluding carboxylic acids is 1. The molecule has 2 amide bonds. The zero-order valence-electron chi connectivity index (χ0n) is 14.1. The molecule has 2 N–H and O–H groups in total. The Labute approximate surface area is 141 Å². The van der Waals surface area contributed by atoms with E-state index in [9.17, 15) is 4.79 Å². The predicted molar refractivity (Wildman–Crippen MR) is 94.3 cm³/mol. The molecule has 0 aliphatic carbocycles. The van der Waals surface area contributed by atoms with E-state index in [0.717, 1.165) is 48.2 Å². The lowest BCUT2D eigenvalue weighted by molar-refractivity contribution is 0.0870. The highest BCUT2D eigenvalue weighted by Gasteiger charge is 2.20. The Morgan fingerprint density at radius 3 is 3.04 bits per heavy atom. The fourth-order valence-corrected chi connectivity index (χ4v) is 2.75. The number of urea groups is 1. The van der Waals surface area contributed by atoms with E-state index >= 15 is 0 Å². The molecule has 3 rings (SSSR count). The van der Waals surface area contributed by atoms with E-state index in [2.05, 4.69) is 32.3 Å². The number of imidazole rings is 1. The summed E-state index contributed by atoms with van der Waals surface area (Å²) in [7, 11) is 0. The third-order valence-electron chi connectivity index (χ3n) is 4.04. The van der Waals surface area contributed by atoms with Crippen LogP contribution in [-0.2, 0) is 11.4 Å². The van der Waals surface area contributed by atoms with Gasteiger partial charge in [-0.15, -0.1) is 0 Å². The third-order valence-corrected chi connectivity index (χ3v) is 4.04. The highest BCUT2D eigenvalue weighted by molar-refractivity contribution is 5.92. The number of aryl methyl sites for hydroxylation is 1. The van der Waals surface area contributed by atoms with Crippen LogP contribution in [0, 0.1) is 0 Å². The molecule has 128 valence electrons. The summed E-state index contributed by atoms with van der Waals surface area (Å²) in [5.74, 6) is 0. The molecule has 0 saturated carbocycles. The first kappa shape index (κ1) is 16.3. The molecule has 1 aliphatic heterocycles. The first-order valence-corrected chi connectivity index (χ1v) is 8.41. The van der Waals surface area contributed by atoms with Crippen molar-refractivity contribution < 1.29 is 9.63 Å². The molecular formula is C17H23N5O2. The van der Waals surface area contributed by atoms with Crippen molar-refractivity contribution in [3.05, 3.63) is 24.5 Å². The number of aromatic nitrogens is 2. The van der Waals surface area contributed by atoms with Crippen molar-refractivity contribution in [2.75, 3.05) is 11.9 Å². The van der Waals surface area contributed by atoms with Gasteiger partial charge in [0.2, 0.25) is 0 Å². The number of rotatable bonds is 6. The summed E-state index contributed by atoms with van der Waals surface area (Å²) < 4.78 is 2.11. The van der Waals surface area contributed by atoms with Gasteiger partial charge in [0.15, 0.2) is 0 Å². The Hall–Kier alpha value is -2.57. The summed E-state index contributed by atoms with van der Waals surface area (Å²) in [4.78, 5) is 21.7. The van der Waals surface area contributed by atoms with E-state index in [0.29, 0.717) is 6.54 Å². The number of nitrogens with one attached hydrogen (secondary N) is 2. The first-order valence-electron chi connectivity index (χ1n) is 8.41. The summed E-state index contributed by atoms with van der Waals surface area (Å²) in [6.07, 6.45) is 4.48. The van der Waals surface area contributed by atoms with Crippen molar-refractivity contribution in [1.82, 2.24) is 14.9 Å². The molecule has 2 heterocycles. The van der Waals surface area contributed by atoms with E-state index in [-0.39, 0.29) is 12.1 Å². The molecule has 1 aromatic carbocycles. The number of hydrogen-bond acceptors (Lipinski definition) is 4. The maximum atomic E-state index is 12.0. The second kappa shape index (κ2) is 7.33. The molecule has 2 aromatic rings. The standard InChI is InChI=1S/C17H23N5O2/c1-3-7-22-11-19-15-9-13(5-6-16(15)22)20-17(23)18-10-14-8-12(4-2)21-24-14/h5-6,9,11,14H,3-4,7-8,10H2,1-2H3,(H2,18,20,23)/t14-/m1/s1. The smallest absolute Gasteiger partial charge is 0.319 e. The van der Waals surface area contributed by atoms with E-state index < -0.39 is 0 Å². The molecule has 0 unspecified atom stereocenters. The highest BCUT2D eigenvalue weighted by Crippen LogP contribution is 2.18. The second-order valence-corrected chi connectivity index (χ2v) is 5.92. The van der Waals surface area contributed by atoms with Crippen LogP contribution in [0.3, 0.4) is 0 Å². The molecule has 0 radical (unpaired) electrons. The summed E-state index contributed by atoms with van der Waals surface area (Å²) in [6.45, 7) is 5.55. The molecule has 7 heteroatoms. The van der Waals surface area contributed by atoms with Crippen LogP contribution in [0.2, 0.25) is 0 Å². The van der Waals surface area contributed by atoms with E-state index in [4.69, 9.17) is 4.84 Å². The molecule has 24 heavy (non-hydrogen) atoms. The van der Waals surface area contributed by atoms with Crippen LogP contribution < -0.4 is 10.6 Å². The molecule has 1 aromatic heterocycles. The van der Waals surface area contributed by atoms with Crippen LogP contribution in [0.15, 0.2) is 29.7 Å². The second-order valence-electron chi connectivity index (χ2n) is 5.92. The van der Waals surface area contributed by atoms with E-state index in [1.807, 2.05) is 31.5 Å². The molecular weight excluding hydrogens is 306 g/mol. The Balaban J connectivity index is 1.54. The SMILES string of the molecule is CCCn1cnc2cc(NC(=O)NC[C@H]3CC(CC)=NO3)ccc21. The van der Waals surface area contributed by atoms with Crippen molar-refractivity contribution in [3.8, 4) is 0 Å². The van der Waals surface area contributed by atoms with Crippen LogP contribution in [0.1, 0.15) is 33.1 Å². The van der Waals surface area contributed by atoms with Crippen LogP contribution in [-0.4, -0.2) is 33.9 Å². The van der Waals surface area contributed by atoms with Gasteiger partial charge in [-0.3, -0.25) is 0 Å². The van der Waals surface area contributed by atoms with Crippen LogP contribution in [0.25, 0.3) is 11.0 Å². The largest absolute Gasteiger partial charge is 0.390 e. The van der Waals surface area contributed by atoms with Gasteiger partial charge >= 0.3 is 6.03 Å². The van der Waals surface area contributed by atoms with Gasteiger partial charge in [0, 0.05) is 18.7 Å². The number of hydrogen-bond donors (Lipinski definition) is 2. The number of nitrogens with zero attached hydrogens (tertiary/aromatic N) is 3. The monoisotopic (exact) mass is 329 g/mol. The number of fused-ring (bicyclic) bond motifs is 1. The Kier molecular flexibility index (Phi) is 4.98. The van der Waals surface area contributed by atoms with Crippen molar-refractivity contribution in [2.24, 2.45) is 5.16 Å². The number of amides is 2. The minimum atomic E-state index is -0.254. The van der Waals surface area contributed by atoms with E-state index in [1.165, 1.54) is 0 Å². The van der Waals surface area contributed by atoms with Gasteiger partial charge in [-0.05, 0) is 31.0 Å². The Morgan fingerprint density at radius 1 is 1.42 bits per heavy atom. The fraction of sp³-hybridized carbons (Fsp3) is 0.471. The minimum Gasteiger partial charge on any atom is -0.390 e. The van der Waals surface area contributed by atoms with Gasteiger partial charge < -0.3 is 20.0 Å². The predicted octanol–water partition coefficient (Wildman–Crippen LogP) is 3.12. The van der Waals surface area contributed by atoms with Gasteiger partial charge in [0.25, 0.3) is 0 Å². The third kappa shape index (κ3) is 3.67. The number of carbonyl (C=O) groups is 1. The average molecular weight is 329 g/mol. The van der Waals surface area contributed by atoms with E-state index in [1.54, 1.807) is 0 Å². The summed E-state index contributed by atoms with van der Waals surface area (Å²) in [5, 5.41) is 9.63. The molecule has 0 saturated heterocycles. The van der Waals surface area contributed by atoms with Crippen LogP contribution in [0.5, 0.6) is 0 Å². The quantitative estimate of drug-likeness (QED) is 0.854. The van der Waals surface area contributed by atoms with Gasteiger partial charge in [-0.1, -0.05) is 19.0 Å². The lowest BCUT2D eigenvalue weighted by Crippen LogP contribution is -2.35. The lowest BCUT2D eigenvalue weighted by Gasteiger charge is -2.11. The van der Waals surface area contributed by atoms with Gasteiger partial charge in [0.1, 0.15) is 6.10 Å². The summed E-state index contributed by atoms with van der Waals surface area (Å²) in [6, 6.07) is 5.50. The molecule has 0 fully saturated rings. The van der Waals surface area contributed by atoms with Gasteiger partial charge in [-0.25, -0.2) is 9.78 Å². The maximum absolute atomic E-state index is 12.0. The topological polar surface area (TPSA) is 80.5 Å². The molecule has 1 aliphatic rings. The first-order chi connectivity index (χ1) is 11.7. The molecule has 1 atom stereocenters. The maximum Gasteiger partial charge on any atom is 0.319 e. The van der Waals surface area contributed by atoms with Crippen LogP contribution in [0.4, 0.5) is 10.5 Å². The Morgan fingerprint density at radius 2 is 2.29 bits per heavy atom. The van der Waals surface area contributed by atoms with Crippen molar-refractivity contribution >= 4 is 28.5 Å². The zero-order valence-corrected chi connectivity index (χ0v) is 14.1. The zero-order chi connectivity index (χ0) is 16.9. The lowest BCUT2D eigenvalue weighted by atomic mass is 10.1. The number of benzene rings is 1. The molecule has 0 bridgehead atoms. The van der Waals surface area contributed by atoms with Crippen LogP contribution >= 0.6 is 0 Å². The molecule has 0 spiro atoms.